The molecule has 0 N–H and O–H groups in total. The van der Waals surface area contributed by atoms with E-state index in [1.807, 2.05) is 30.3 Å². The number of hydrogen-bond acceptors (Lipinski definition) is 3. The van der Waals surface area contributed by atoms with E-state index in [0.717, 1.165) is 37.8 Å². The van der Waals surface area contributed by atoms with Gasteiger partial charge in [0.25, 0.3) is 0 Å². The van der Waals surface area contributed by atoms with Gasteiger partial charge in [-0.3, -0.25) is 4.90 Å². The van der Waals surface area contributed by atoms with Crippen LogP contribution in [0.1, 0.15) is 25.7 Å². The van der Waals surface area contributed by atoms with Crippen LogP contribution in [0.4, 0.5) is 0 Å². The molecule has 0 spiro atoms. The molecular formula is C16H23NO2. The Hall–Kier alpha value is -1.06. The van der Waals surface area contributed by atoms with E-state index >= 15 is 0 Å². The number of nitrogens with zero attached hydrogens (tertiary/aromatic N) is 1. The van der Waals surface area contributed by atoms with Crippen molar-refractivity contribution < 1.29 is 9.47 Å². The van der Waals surface area contributed by atoms with Crippen molar-refractivity contribution >= 4 is 0 Å². The summed E-state index contributed by atoms with van der Waals surface area (Å²) in [7, 11) is 0. The Labute approximate surface area is 115 Å². The van der Waals surface area contributed by atoms with Crippen LogP contribution in [0.25, 0.3) is 0 Å². The van der Waals surface area contributed by atoms with Gasteiger partial charge in [0.15, 0.2) is 0 Å². The topological polar surface area (TPSA) is 21.7 Å². The second-order valence-corrected chi connectivity index (χ2v) is 5.51. The van der Waals surface area contributed by atoms with Gasteiger partial charge in [0.05, 0.1) is 0 Å². The summed E-state index contributed by atoms with van der Waals surface area (Å²) in [6, 6.07) is 10.9. The number of likely N-dealkylation sites (tertiary alicyclic amines) is 1. The number of benzene rings is 1. The Morgan fingerprint density at radius 1 is 0.947 bits per heavy atom. The summed E-state index contributed by atoms with van der Waals surface area (Å²) in [5, 5.41) is 0. The summed E-state index contributed by atoms with van der Waals surface area (Å²) in [5.41, 5.74) is 0. The zero-order valence-corrected chi connectivity index (χ0v) is 11.5. The standard InChI is InChI=1S/C16H23NO2/c1-2-4-15(5-3-1)19-16-6-10-17(11-7-16)14-8-12-18-13-9-14/h1-5,14,16H,6-13H2. The molecule has 0 bridgehead atoms. The lowest BCUT2D eigenvalue weighted by Crippen LogP contribution is -2.46. The Morgan fingerprint density at radius 3 is 2.32 bits per heavy atom. The Bertz CT molecular complexity index is 368. The summed E-state index contributed by atoms with van der Waals surface area (Å²) in [4.78, 5) is 2.63. The van der Waals surface area contributed by atoms with Crippen LogP contribution in [0.15, 0.2) is 30.3 Å². The van der Waals surface area contributed by atoms with Gasteiger partial charge in [-0.15, -0.1) is 0 Å². The molecule has 3 nitrogen and oxygen atoms in total. The van der Waals surface area contributed by atoms with Crippen molar-refractivity contribution in [2.75, 3.05) is 26.3 Å². The first-order chi connectivity index (χ1) is 9.42. The van der Waals surface area contributed by atoms with Crippen molar-refractivity contribution in [1.29, 1.82) is 0 Å². The summed E-state index contributed by atoms with van der Waals surface area (Å²) < 4.78 is 11.5. The van der Waals surface area contributed by atoms with Crippen molar-refractivity contribution in [2.24, 2.45) is 0 Å². The second-order valence-electron chi connectivity index (χ2n) is 5.51. The van der Waals surface area contributed by atoms with Crippen molar-refractivity contribution in [1.82, 2.24) is 4.90 Å². The van der Waals surface area contributed by atoms with Gasteiger partial charge in [-0.2, -0.15) is 0 Å². The summed E-state index contributed by atoms with van der Waals surface area (Å²) in [6.07, 6.45) is 5.07. The molecule has 0 aromatic heterocycles. The average molecular weight is 261 g/mol. The monoisotopic (exact) mass is 261 g/mol. The van der Waals surface area contributed by atoms with Crippen LogP contribution in [0, 0.1) is 0 Å². The van der Waals surface area contributed by atoms with Crippen LogP contribution in [-0.2, 0) is 4.74 Å². The molecule has 3 rings (SSSR count). The summed E-state index contributed by atoms with van der Waals surface area (Å²) >= 11 is 0. The fraction of sp³-hybridized carbons (Fsp3) is 0.625. The molecule has 0 amide bonds. The Morgan fingerprint density at radius 2 is 1.63 bits per heavy atom. The lowest BCUT2D eigenvalue weighted by atomic mass is 10.0. The van der Waals surface area contributed by atoms with E-state index in [4.69, 9.17) is 9.47 Å². The smallest absolute Gasteiger partial charge is 0.119 e. The highest BCUT2D eigenvalue weighted by Gasteiger charge is 2.27. The van der Waals surface area contributed by atoms with Crippen LogP contribution in [0.5, 0.6) is 5.75 Å². The minimum atomic E-state index is 0.387. The first kappa shape index (κ1) is 12.9. The predicted octanol–water partition coefficient (Wildman–Crippen LogP) is 2.71. The molecule has 1 aromatic rings. The van der Waals surface area contributed by atoms with E-state index < -0.39 is 0 Å². The highest BCUT2D eigenvalue weighted by Crippen LogP contribution is 2.22. The molecule has 0 saturated carbocycles. The van der Waals surface area contributed by atoms with Crippen LogP contribution in [0.2, 0.25) is 0 Å². The average Bonchev–Trinajstić information content (AvgIpc) is 2.50. The quantitative estimate of drug-likeness (QED) is 0.835. The van der Waals surface area contributed by atoms with Crippen LogP contribution in [0.3, 0.4) is 0 Å². The van der Waals surface area contributed by atoms with Gasteiger partial charge in [-0.25, -0.2) is 0 Å². The van der Waals surface area contributed by atoms with E-state index in [1.54, 1.807) is 0 Å². The normalized spacial score (nSPS) is 23.4. The zero-order valence-electron chi connectivity index (χ0n) is 11.5. The van der Waals surface area contributed by atoms with E-state index in [-0.39, 0.29) is 0 Å². The third-order valence-electron chi connectivity index (χ3n) is 4.23. The molecule has 0 unspecified atom stereocenters. The van der Waals surface area contributed by atoms with Crippen molar-refractivity contribution in [3.63, 3.8) is 0 Å². The predicted molar refractivity (Wildman–Crippen MR) is 75.5 cm³/mol. The first-order valence-corrected chi connectivity index (χ1v) is 7.45. The number of rotatable bonds is 3. The van der Waals surface area contributed by atoms with Crippen LogP contribution < -0.4 is 4.74 Å². The van der Waals surface area contributed by atoms with Gasteiger partial charge in [-0.1, -0.05) is 18.2 Å². The van der Waals surface area contributed by atoms with Gasteiger partial charge >= 0.3 is 0 Å². The lowest BCUT2D eigenvalue weighted by molar-refractivity contribution is 0.0101. The molecule has 2 fully saturated rings. The number of para-hydroxylation sites is 1. The molecule has 104 valence electrons. The molecular weight excluding hydrogens is 238 g/mol. The molecule has 2 aliphatic heterocycles. The fourth-order valence-corrected chi connectivity index (χ4v) is 3.10. The third-order valence-corrected chi connectivity index (χ3v) is 4.23. The molecule has 19 heavy (non-hydrogen) atoms. The minimum Gasteiger partial charge on any atom is -0.490 e. The largest absolute Gasteiger partial charge is 0.490 e. The van der Waals surface area contributed by atoms with Gasteiger partial charge in [0.1, 0.15) is 11.9 Å². The highest BCUT2D eigenvalue weighted by molar-refractivity contribution is 5.21. The number of ether oxygens (including phenoxy) is 2. The van der Waals surface area contributed by atoms with E-state index in [9.17, 15) is 0 Å². The Balaban J connectivity index is 1.46. The van der Waals surface area contributed by atoms with Crippen LogP contribution >= 0.6 is 0 Å². The lowest BCUT2D eigenvalue weighted by Gasteiger charge is -2.39. The van der Waals surface area contributed by atoms with Gasteiger partial charge in [0.2, 0.25) is 0 Å². The van der Waals surface area contributed by atoms with Gasteiger partial charge in [0, 0.05) is 32.3 Å². The maximum atomic E-state index is 6.04. The highest BCUT2D eigenvalue weighted by atomic mass is 16.5. The zero-order chi connectivity index (χ0) is 12.9. The molecule has 3 heteroatoms. The first-order valence-electron chi connectivity index (χ1n) is 7.45. The second kappa shape index (κ2) is 6.40. The fourth-order valence-electron chi connectivity index (χ4n) is 3.10. The van der Waals surface area contributed by atoms with Crippen molar-refractivity contribution in [3.05, 3.63) is 30.3 Å². The van der Waals surface area contributed by atoms with E-state index in [2.05, 4.69) is 4.90 Å². The third kappa shape index (κ3) is 3.48. The molecule has 0 aliphatic carbocycles. The molecule has 1 aromatic carbocycles. The number of piperidine rings is 1. The summed E-state index contributed by atoms with van der Waals surface area (Å²) in [6.45, 7) is 4.21. The summed E-state index contributed by atoms with van der Waals surface area (Å²) in [5.74, 6) is 1.01. The molecule has 0 radical (unpaired) electrons. The number of hydrogen-bond donors (Lipinski definition) is 0. The van der Waals surface area contributed by atoms with Crippen molar-refractivity contribution in [3.8, 4) is 5.75 Å². The molecule has 2 saturated heterocycles. The Kier molecular flexibility index (Phi) is 4.36. The SMILES string of the molecule is c1ccc(OC2CCN(C3CCOCC3)CC2)cc1. The van der Waals surface area contributed by atoms with Crippen molar-refractivity contribution in [2.45, 2.75) is 37.8 Å². The van der Waals surface area contributed by atoms with Gasteiger partial charge in [-0.05, 0) is 37.8 Å². The molecule has 0 atom stereocenters. The van der Waals surface area contributed by atoms with Gasteiger partial charge < -0.3 is 9.47 Å². The molecule has 2 aliphatic rings. The van der Waals surface area contributed by atoms with E-state index in [0.29, 0.717) is 6.10 Å². The minimum absolute atomic E-state index is 0.387. The van der Waals surface area contributed by atoms with E-state index in [1.165, 1.54) is 25.9 Å². The molecule has 2 heterocycles. The van der Waals surface area contributed by atoms with Crippen LogP contribution in [-0.4, -0.2) is 43.3 Å². The maximum absolute atomic E-state index is 6.04. The maximum Gasteiger partial charge on any atom is 0.119 e.